The summed E-state index contributed by atoms with van der Waals surface area (Å²) in [6.07, 6.45) is 2.77. The van der Waals surface area contributed by atoms with Crippen molar-refractivity contribution in [2.45, 2.75) is 12.8 Å². The molecule has 5 nitrogen and oxygen atoms in total. The molecule has 0 heterocycles. The first kappa shape index (κ1) is 11.1. The van der Waals surface area contributed by atoms with Crippen molar-refractivity contribution in [3.63, 3.8) is 0 Å². The highest BCUT2D eigenvalue weighted by Gasteiger charge is 2.29. The summed E-state index contributed by atoms with van der Waals surface area (Å²) in [5.74, 6) is 0.236. The van der Waals surface area contributed by atoms with Gasteiger partial charge >= 0.3 is 5.69 Å². The molecule has 0 atom stereocenters. The van der Waals surface area contributed by atoms with Crippen LogP contribution in [-0.2, 0) is 6.42 Å². The van der Waals surface area contributed by atoms with Crippen molar-refractivity contribution in [3.8, 4) is 11.8 Å². The summed E-state index contributed by atoms with van der Waals surface area (Å²) in [5, 5.41) is 19.8. The van der Waals surface area contributed by atoms with E-state index in [0.29, 0.717) is 17.6 Å². The van der Waals surface area contributed by atoms with Crippen LogP contribution in [-0.4, -0.2) is 12.0 Å². The molecule has 0 aliphatic heterocycles. The average Bonchev–Trinajstić information content (AvgIpc) is 2.71. The summed E-state index contributed by atoms with van der Waals surface area (Å²) in [7, 11) is 1.40. The van der Waals surface area contributed by atoms with Gasteiger partial charge in [0.1, 0.15) is 0 Å². The van der Waals surface area contributed by atoms with Gasteiger partial charge < -0.3 is 4.74 Å². The van der Waals surface area contributed by atoms with Gasteiger partial charge in [0.15, 0.2) is 5.75 Å². The van der Waals surface area contributed by atoms with Crippen LogP contribution in [0.25, 0.3) is 5.57 Å². The lowest BCUT2D eigenvalue weighted by Gasteiger charge is -2.06. The fraction of sp³-hybridized carbons (Fsp3) is 0.250. The predicted octanol–water partition coefficient (Wildman–Crippen LogP) is 2.46. The van der Waals surface area contributed by atoms with Crippen LogP contribution in [0.2, 0.25) is 0 Å². The summed E-state index contributed by atoms with van der Waals surface area (Å²) < 4.78 is 5.01. The van der Waals surface area contributed by atoms with Gasteiger partial charge in [-0.25, -0.2) is 0 Å². The molecule has 0 radical (unpaired) electrons. The summed E-state index contributed by atoms with van der Waals surface area (Å²) >= 11 is 0. The lowest BCUT2D eigenvalue weighted by atomic mass is 10.0. The third-order valence-corrected chi connectivity index (χ3v) is 2.85. The van der Waals surface area contributed by atoms with Gasteiger partial charge in [0.05, 0.1) is 23.7 Å². The van der Waals surface area contributed by atoms with E-state index in [1.165, 1.54) is 13.2 Å². The van der Waals surface area contributed by atoms with Crippen LogP contribution < -0.4 is 4.74 Å². The number of nitro benzene ring substituents is 1. The second kappa shape index (κ2) is 4.26. The van der Waals surface area contributed by atoms with Crippen molar-refractivity contribution in [2.24, 2.45) is 0 Å². The Hall–Kier alpha value is -2.35. The van der Waals surface area contributed by atoms with Crippen LogP contribution in [0.4, 0.5) is 5.69 Å². The Bertz CT molecular complexity index is 556. The molecule has 5 heteroatoms. The minimum atomic E-state index is -0.450. The number of rotatable bonds is 2. The summed E-state index contributed by atoms with van der Waals surface area (Å²) in [6, 6.07) is 5.35. The lowest BCUT2D eigenvalue weighted by molar-refractivity contribution is -0.386. The van der Waals surface area contributed by atoms with Crippen LogP contribution >= 0.6 is 0 Å². The zero-order valence-corrected chi connectivity index (χ0v) is 9.27. The van der Waals surface area contributed by atoms with Gasteiger partial charge in [-0.15, -0.1) is 0 Å². The number of hydrogen-bond acceptors (Lipinski definition) is 4. The largest absolute Gasteiger partial charge is 0.490 e. The number of nitro groups is 1. The number of allylic oxidation sites excluding steroid dienone is 2. The molecule has 0 aromatic heterocycles. The Morgan fingerprint density at radius 1 is 1.53 bits per heavy atom. The number of fused-ring (bicyclic) bond motifs is 1. The van der Waals surface area contributed by atoms with Crippen molar-refractivity contribution in [1.29, 1.82) is 5.26 Å². The molecule has 17 heavy (non-hydrogen) atoms. The van der Waals surface area contributed by atoms with Gasteiger partial charge in [-0.1, -0.05) is 6.07 Å². The van der Waals surface area contributed by atoms with Gasteiger partial charge in [0, 0.05) is 6.08 Å². The first-order chi connectivity index (χ1) is 8.19. The van der Waals surface area contributed by atoms with Crippen LogP contribution in [0.3, 0.4) is 0 Å². The Morgan fingerprint density at radius 2 is 2.29 bits per heavy atom. The first-order valence-corrected chi connectivity index (χ1v) is 5.12. The molecule has 0 N–H and O–H groups in total. The molecule has 1 aromatic carbocycles. The van der Waals surface area contributed by atoms with E-state index < -0.39 is 4.92 Å². The molecule has 0 amide bonds. The standard InChI is InChI=1S/C12H10N2O3/c1-17-10-5-4-8-2-3-9(6-7-13)11(8)12(10)14(15)16/h4-6H,2-3H2,1H3. The van der Waals surface area contributed by atoms with E-state index in [4.69, 9.17) is 10.00 Å². The van der Waals surface area contributed by atoms with Gasteiger partial charge in [-0.3, -0.25) is 10.1 Å². The quantitative estimate of drug-likeness (QED) is 0.444. The number of nitriles is 1. The molecular formula is C12H10N2O3. The molecule has 2 rings (SSSR count). The fourth-order valence-corrected chi connectivity index (χ4v) is 2.14. The van der Waals surface area contributed by atoms with Crippen molar-refractivity contribution in [1.82, 2.24) is 0 Å². The first-order valence-electron chi connectivity index (χ1n) is 5.12. The topological polar surface area (TPSA) is 76.2 Å². The van der Waals surface area contributed by atoms with E-state index in [1.807, 2.05) is 12.1 Å². The highest BCUT2D eigenvalue weighted by atomic mass is 16.6. The Labute approximate surface area is 98.1 Å². The summed E-state index contributed by atoms with van der Waals surface area (Å²) in [4.78, 5) is 10.7. The molecule has 0 saturated carbocycles. The Balaban J connectivity index is 2.72. The van der Waals surface area contributed by atoms with Crippen LogP contribution in [0.5, 0.6) is 5.75 Å². The number of nitrogens with zero attached hydrogens (tertiary/aromatic N) is 2. The molecule has 86 valence electrons. The monoisotopic (exact) mass is 230 g/mol. The van der Waals surface area contributed by atoms with E-state index in [2.05, 4.69) is 0 Å². The van der Waals surface area contributed by atoms with Gasteiger partial charge in [0.2, 0.25) is 0 Å². The Morgan fingerprint density at radius 3 is 2.88 bits per heavy atom. The zero-order valence-electron chi connectivity index (χ0n) is 9.27. The van der Waals surface area contributed by atoms with Crippen molar-refractivity contribution in [2.75, 3.05) is 7.11 Å². The average molecular weight is 230 g/mol. The third kappa shape index (κ3) is 1.74. The lowest BCUT2D eigenvalue weighted by Crippen LogP contribution is -1.98. The van der Waals surface area contributed by atoms with E-state index in [-0.39, 0.29) is 11.4 Å². The number of benzene rings is 1. The van der Waals surface area contributed by atoms with E-state index in [0.717, 1.165) is 12.0 Å². The molecule has 1 aromatic rings. The zero-order chi connectivity index (χ0) is 12.4. The second-order valence-corrected chi connectivity index (χ2v) is 3.71. The highest BCUT2D eigenvalue weighted by molar-refractivity contribution is 5.82. The minimum absolute atomic E-state index is 0.0380. The molecular weight excluding hydrogens is 220 g/mol. The normalized spacial score (nSPS) is 15.4. The Kier molecular flexibility index (Phi) is 2.79. The molecule has 0 unspecified atom stereocenters. The minimum Gasteiger partial charge on any atom is -0.490 e. The number of ether oxygens (including phenoxy) is 1. The van der Waals surface area contributed by atoms with Gasteiger partial charge in [-0.05, 0) is 30.0 Å². The smallest absolute Gasteiger partial charge is 0.318 e. The van der Waals surface area contributed by atoms with Crippen molar-refractivity contribution >= 4 is 11.3 Å². The van der Waals surface area contributed by atoms with E-state index in [1.54, 1.807) is 6.07 Å². The van der Waals surface area contributed by atoms with E-state index in [9.17, 15) is 10.1 Å². The maximum absolute atomic E-state index is 11.1. The van der Waals surface area contributed by atoms with Crippen molar-refractivity contribution < 1.29 is 9.66 Å². The third-order valence-electron chi connectivity index (χ3n) is 2.85. The molecule has 1 aliphatic carbocycles. The second-order valence-electron chi connectivity index (χ2n) is 3.71. The number of aryl methyl sites for hydroxylation is 1. The maximum atomic E-state index is 11.1. The predicted molar refractivity (Wildman–Crippen MR) is 61.6 cm³/mol. The van der Waals surface area contributed by atoms with Crippen LogP contribution in [0.15, 0.2) is 18.2 Å². The SMILES string of the molecule is COc1ccc2c(c1[N+](=O)[O-])C(=CC#N)CC2. The molecule has 0 spiro atoms. The van der Waals surface area contributed by atoms with Gasteiger partial charge in [-0.2, -0.15) is 5.26 Å². The van der Waals surface area contributed by atoms with Crippen LogP contribution in [0.1, 0.15) is 17.5 Å². The molecule has 0 fully saturated rings. The molecule has 0 bridgehead atoms. The fourth-order valence-electron chi connectivity index (χ4n) is 2.14. The van der Waals surface area contributed by atoms with Crippen molar-refractivity contribution in [3.05, 3.63) is 39.4 Å². The maximum Gasteiger partial charge on any atom is 0.318 e. The summed E-state index contributed by atoms with van der Waals surface area (Å²) in [5.41, 5.74) is 2.13. The highest BCUT2D eigenvalue weighted by Crippen LogP contribution is 2.43. The number of methoxy groups -OCH3 is 1. The van der Waals surface area contributed by atoms with Gasteiger partial charge in [0.25, 0.3) is 0 Å². The van der Waals surface area contributed by atoms with Crippen LogP contribution in [0, 0.1) is 21.4 Å². The molecule has 0 saturated heterocycles. The molecule has 1 aliphatic rings. The summed E-state index contributed by atoms with van der Waals surface area (Å²) in [6.45, 7) is 0. The number of hydrogen-bond donors (Lipinski definition) is 0. The van der Waals surface area contributed by atoms with E-state index >= 15 is 0 Å².